The van der Waals surface area contributed by atoms with Crippen LogP contribution in [0.25, 0.3) is 0 Å². The Morgan fingerprint density at radius 2 is 2.20 bits per heavy atom. The van der Waals surface area contributed by atoms with Crippen molar-refractivity contribution in [3.63, 3.8) is 0 Å². The summed E-state index contributed by atoms with van der Waals surface area (Å²) in [7, 11) is 1.78. The Labute approximate surface area is 93.1 Å². The fourth-order valence-electron chi connectivity index (χ4n) is 2.30. The van der Waals surface area contributed by atoms with E-state index in [4.69, 9.17) is 0 Å². The van der Waals surface area contributed by atoms with Gasteiger partial charge in [0.1, 0.15) is 5.00 Å². The zero-order valence-electron chi connectivity index (χ0n) is 9.18. The molecule has 3 nitrogen and oxygen atoms in total. The smallest absolute Gasteiger partial charge is 0.339 e. The normalized spacial score (nSPS) is 17.5. The molecular formula is C11H15NO2S. The first-order valence-electron chi connectivity index (χ1n) is 5.04. The third kappa shape index (κ3) is 1.44. The Hall–Kier alpha value is -1.03. The largest absolute Gasteiger partial charge is 0.478 e. The molecule has 15 heavy (non-hydrogen) atoms. The second-order valence-corrected chi connectivity index (χ2v) is 5.65. The lowest BCUT2D eigenvalue weighted by atomic mass is 9.85. The maximum Gasteiger partial charge on any atom is 0.339 e. The van der Waals surface area contributed by atoms with Gasteiger partial charge >= 0.3 is 5.97 Å². The van der Waals surface area contributed by atoms with Crippen LogP contribution in [-0.4, -0.2) is 18.1 Å². The number of aromatic carboxylic acids is 1. The molecule has 0 aromatic carbocycles. The molecule has 2 N–H and O–H groups in total. The molecule has 0 aliphatic heterocycles. The average Bonchev–Trinajstić information content (AvgIpc) is 2.64. The molecule has 4 heteroatoms. The third-order valence-electron chi connectivity index (χ3n) is 3.08. The summed E-state index contributed by atoms with van der Waals surface area (Å²) in [4.78, 5) is 12.5. The number of carboxylic acids is 1. The molecule has 1 aromatic rings. The van der Waals surface area contributed by atoms with E-state index in [-0.39, 0.29) is 5.41 Å². The van der Waals surface area contributed by atoms with E-state index in [1.54, 1.807) is 18.4 Å². The van der Waals surface area contributed by atoms with Crippen LogP contribution in [0.2, 0.25) is 0 Å². The number of nitrogens with one attached hydrogen (secondary N) is 1. The summed E-state index contributed by atoms with van der Waals surface area (Å²) in [6, 6.07) is 0. The Morgan fingerprint density at radius 3 is 2.73 bits per heavy atom. The van der Waals surface area contributed by atoms with Crippen molar-refractivity contribution >= 4 is 22.3 Å². The summed E-state index contributed by atoms with van der Waals surface area (Å²) in [6.45, 7) is 4.24. The lowest BCUT2D eigenvalue weighted by Crippen LogP contribution is -2.16. The summed E-state index contributed by atoms with van der Waals surface area (Å²) in [5.41, 5.74) is 1.54. The molecule has 0 unspecified atom stereocenters. The van der Waals surface area contributed by atoms with Crippen molar-refractivity contribution < 1.29 is 9.90 Å². The summed E-state index contributed by atoms with van der Waals surface area (Å²) in [6.07, 6.45) is 2.06. The molecule has 2 rings (SSSR count). The molecular weight excluding hydrogens is 210 g/mol. The summed E-state index contributed by atoms with van der Waals surface area (Å²) in [5.74, 6) is -0.813. The van der Waals surface area contributed by atoms with E-state index in [9.17, 15) is 9.90 Å². The van der Waals surface area contributed by atoms with Gasteiger partial charge in [0.15, 0.2) is 0 Å². The van der Waals surface area contributed by atoms with Crippen LogP contribution in [0.1, 0.15) is 41.1 Å². The van der Waals surface area contributed by atoms with Gasteiger partial charge in [0.2, 0.25) is 0 Å². The molecule has 1 heterocycles. The highest BCUT2D eigenvalue weighted by atomic mass is 32.1. The summed E-state index contributed by atoms with van der Waals surface area (Å²) >= 11 is 1.59. The van der Waals surface area contributed by atoms with Crippen LogP contribution in [0.4, 0.5) is 5.00 Å². The number of hydrogen-bond donors (Lipinski definition) is 2. The monoisotopic (exact) mass is 225 g/mol. The van der Waals surface area contributed by atoms with Crippen molar-refractivity contribution in [1.29, 1.82) is 0 Å². The lowest BCUT2D eigenvalue weighted by molar-refractivity contribution is 0.0696. The van der Waals surface area contributed by atoms with Gasteiger partial charge in [0.25, 0.3) is 0 Å². The number of thiophene rings is 1. The summed E-state index contributed by atoms with van der Waals surface area (Å²) in [5, 5.41) is 13.0. The molecule has 82 valence electrons. The third-order valence-corrected chi connectivity index (χ3v) is 4.34. The standard InChI is InChI=1S/C11H15NO2S/c1-11(2)5-4-6-8(11)7(10(13)14)9(12-3)15-6/h12H,4-5H2,1-3H3,(H,13,14). The highest BCUT2D eigenvalue weighted by molar-refractivity contribution is 7.16. The molecule has 0 atom stereocenters. The SMILES string of the molecule is CNc1sc2c(c1C(=O)O)C(C)(C)CC2. The zero-order chi connectivity index (χ0) is 11.2. The van der Waals surface area contributed by atoms with E-state index in [1.165, 1.54) is 4.88 Å². The molecule has 0 spiro atoms. The number of carboxylic acid groups (broad SMARTS) is 1. The van der Waals surface area contributed by atoms with E-state index in [2.05, 4.69) is 19.2 Å². The van der Waals surface area contributed by atoms with Gasteiger partial charge in [-0.15, -0.1) is 11.3 Å². The Kier molecular flexibility index (Phi) is 2.26. The van der Waals surface area contributed by atoms with Gasteiger partial charge in [0.05, 0.1) is 5.56 Å². The van der Waals surface area contributed by atoms with Gasteiger partial charge in [-0.2, -0.15) is 0 Å². The number of carbonyl (C=O) groups is 1. The number of aryl methyl sites for hydroxylation is 1. The molecule has 0 radical (unpaired) electrons. The topological polar surface area (TPSA) is 49.3 Å². The first-order valence-corrected chi connectivity index (χ1v) is 5.86. The first-order chi connectivity index (χ1) is 6.97. The van der Waals surface area contributed by atoms with Gasteiger partial charge in [-0.3, -0.25) is 0 Å². The van der Waals surface area contributed by atoms with Crippen LogP contribution in [-0.2, 0) is 11.8 Å². The number of anilines is 1. The van der Waals surface area contributed by atoms with Crippen molar-refractivity contribution in [3.8, 4) is 0 Å². The minimum Gasteiger partial charge on any atom is -0.478 e. The van der Waals surface area contributed by atoms with Crippen LogP contribution >= 0.6 is 11.3 Å². The Bertz CT molecular complexity index is 420. The molecule has 0 fully saturated rings. The molecule has 1 aliphatic carbocycles. The lowest BCUT2D eigenvalue weighted by Gasteiger charge is -2.19. The van der Waals surface area contributed by atoms with Crippen molar-refractivity contribution in [2.75, 3.05) is 12.4 Å². The van der Waals surface area contributed by atoms with Crippen LogP contribution in [0.15, 0.2) is 0 Å². The number of fused-ring (bicyclic) bond motifs is 1. The molecule has 1 aromatic heterocycles. The van der Waals surface area contributed by atoms with Crippen molar-refractivity contribution in [2.45, 2.75) is 32.1 Å². The van der Waals surface area contributed by atoms with Crippen LogP contribution in [0.5, 0.6) is 0 Å². The van der Waals surface area contributed by atoms with Crippen LogP contribution in [0.3, 0.4) is 0 Å². The fourth-order valence-corrected chi connectivity index (χ4v) is 3.63. The second kappa shape index (κ2) is 3.23. The van der Waals surface area contributed by atoms with Crippen LogP contribution < -0.4 is 5.32 Å². The maximum absolute atomic E-state index is 11.3. The Balaban J connectivity index is 2.66. The number of rotatable bonds is 2. The van der Waals surface area contributed by atoms with Gasteiger partial charge < -0.3 is 10.4 Å². The molecule has 0 bridgehead atoms. The van der Waals surface area contributed by atoms with Gasteiger partial charge in [-0.25, -0.2) is 4.79 Å². The quantitative estimate of drug-likeness (QED) is 0.813. The molecule has 0 saturated carbocycles. The predicted molar refractivity (Wildman–Crippen MR) is 62.2 cm³/mol. The molecule has 1 aliphatic rings. The van der Waals surface area contributed by atoms with E-state index in [1.807, 2.05) is 0 Å². The van der Waals surface area contributed by atoms with Crippen molar-refractivity contribution in [2.24, 2.45) is 0 Å². The average molecular weight is 225 g/mol. The zero-order valence-corrected chi connectivity index (χ0v) is 9.99. The van der Waals surface area contributed by atoms with Crippen LogP contribution in [0, 0.1) is 0 Å². The van der Waals surface area contributed by atoms with Crippen molar-refractivity contribution in [1.82, 2.24) is 0 Å². The minimum atomic E-state index is -0.813. The van der Waals surface area contributed by atoms with E-state index in [0.717, 1.165) is 23.4 Å². The second-order valence-electron chi connectivity index (χ2n) is 4.54. The number of hydrogen-bond acceptors (Lipinski definition) is 3. The predicted octanol–water partition coefficient (Wildman–Crippen LogP) is 2.71. The summed E-state index contributed by atoms with van der Waals surface area (Å²) < 4.78 is 0. The highest BCUT2D eigenvalue weighted by Gasteiger charge is 2.37. The Morgan fingerprint density at radius 1 is 1.53 bits per heavy atom. The fraction of sp³-hybridized carbons (Fsp3) is 0.545. The van der Waals surface area contributed by atoms with Gasteiger partial charge in [-0.05, 0) is 23.8 Å². The molecule has 0 saturated heterocycles. The van der Waals surface area contributed by atoms with Gasteiger partial charge in [0, 0.05) is 11.9 Å². The maximum atomic E-state index is 11.3. The minimum absolute atomic E-state index is 0.00859. The molecule has 0 amide bonds. The van der Waals surface area contributed by atoms with Gasteiger partial charge in [-0.1, -0.05) is 13.8 Å². The first kappa shape index (κ1) is 10.5. The van der Waals surface area contributed by atoms with Crippen molar-refractivity contribution in [3.05, 3.63) is 16.0 Å². The van der Waals surface area contributed by atoms with E-state index >= 15 is 0 Å². The van der Waals surface area contributed by atoms with E-state index in [0.29, 0.717) is 5.56 Å². The van der Waals surface area contributed by atoms with E-state index < -0.39 is 5.97 Å². The highest BCUT2D eigenvalue weighted by Crippen LogP contribution is 2.47.